The monoisotopic (exact) mass is 318 g/mol. The molecule has 3 rings (SSSR count). The summed E-state index contributed by atoms with van der Waals surface area (Å²) >= 11 is 1.73. The van der Waals surface area contributed by atoms with E-state index in [0.29, 0.717) is 5.88 Å². The van der Waals surface area contributed by atoms with Crippen LogP contribution in [0.25, 0.3) is 0 Å². The van der Waals surface area contributed by atoms with Gasteiger partial charge in [0.25, 0.3) is 0 Å². The van der Waals surface area contributed by atoms with Gasteiger partial charge in [0, 0.05) is 56.9 Å². The lowest BCUT2D eigenvalue weighted by atomic mass is 10.2. The average Bonchev–Trinajstić information content (AvgIpc) is 2.94. The summed E-state index contributed by atoms with van der Waals surface area (Å²) in [6.07, 6.45) is 1.81. The number of ether oxygens (including phenoxy) is 1. The van der Waals surface area contributed by atoms with Gasteiger partial charge in [-0.1, -0.05) is 0 Å². The molecule has 1 fully saturated rings. The van der Waals surface area contributed by atoms with Crippen molar-refractivity contribution >= 4 is 11.3 Å². The van der Waals surface area contributed by atoms with E-state index in [9.17, 15) is 0 Å². The normalized spacial score (nSPS) is 16.8. The molecule has 0 amide bonds. The number of piperazine rings is 1. The fraction of sp³-hybridized carbons (Fsp3) is 0.500. The number of pyridine rings is 1. The van der Waals surface area contributed by atoms with E-state index in [4.69, 9.17) is 4.74 Å². The Hall–Kier alpha value is -1.50. The first kappa shape index (κ1) is 15.4. The first-order valence-corrected chi connectivity index (χ1v) is 8.45. The van der Waals surface area contributed by atoms with Crippen LogP contribution in [-0.2, 0) is 13.1 Å². The molecule has 2 aromatic heterocycles. The zero-order valence-corrected chi connectivity index (χ0v) is 14.0. The van der Waals surface area contributed by atoms with Crippen molar-refractivity contribution in [3.05, 3.63) is 40.0 Å². The minimum Gasteiger partial charge on any atom is -0.481 e. The number of aryl methyl sites for hydroxylation is 1. The topological polar surface area (TPSA) is 41.5 Å². The van der Waals surface area contributed by atoms with Crippen molar-refractivity contribution in [1.82, 2.24) is 19.8 Å². The Morgan fingerprint density at radius 1 is 1.18 bits per heavy atom. The predicted octanol–water partition coefficient (Wildman–Crippen LogP) is 2.17. The Kier molecular flexibility index (Phi) is 5.02. The highest BCUT2D eigenvalue weighted by Gasteiger charge is 2.18. The Bertz CT molecular complexity index is 608. The van der Waals surface area contributed by atoms with Gasteiger partial charge in [0.1, 0.15) is 0 Å². The van der Waals surface area contributed by atoms with Gasteiger partial charge in [-0.25, -0.2) is 9.97 Å². The zero-order valence-electron chi connectivity index (χ0n) is 13.2. The zero-order chi connectivity index (χ0) is 15.4. The third kappa shape index (κ3) is 4.03. The van der Waals surface area contributed by atoms with Gasteiger partial charge in [0.2, 0.25) is 5.88 Å². The summed E-state index contributed by atoms with van der Waals surface area (Å²) in [6.45, 7) is 8.37. The van der Waals surface area contributed by atoms with Crippen molar-refractivity contribution < 1.29 is 4.74 Å². The van der Waals surface area contributed by atoms with Crippen molar-refractivity contribution in [1.29, 1.82) is 0 Å². The molecule has 0 aliphatic carbocycles. The van der Waals surface area contributed by atoms with Gasteiger partial charge in [-0.15, -0.1) is 11.3 Å². The average molecular weight is 318 g/mol. The van der Waals surface area contributed by atoms with Crippen LogP contribution in [-0.4, -0.2) is 53.1 Å². The molecule has 0 bridgehead atoms. The molecule has 0 radical (unpaired) electrons. The number of aromatic nitrogens is 2. The molecule has 5 nitrogen and oxygen atoms in total. The minimum atomic E-state index is 0.690. The molecule has 0 saturated carbocycles. The molecule has 22 heavy (non-hydrogen) atoms. The van der Waals surface area contributed by atoms with Gasteiger partial charge < -0.3 is 4.74 Å². The lowest BCUT2D eigenvalue weighted by Gasteiger charge is -2.34. The molecule has 0 N–H and O–H groups in total. The number of hydrogen-bond donors (Lipinski definition) is 0. The largest absolute Gasteiger partial charge is 0.481 e. The number of hydrogen-bond acceptors (Lipinski definition) is 6. The first-order valence-electron chi connectivity index (χ1n) is 7.57. The van der Waals surface area contributed by atoms with Crippen LogP contribution in [0.5, 0.6) is 5.88 Å². The van der Waals surface area contributed by atoms with Crippen LogP contribution < -0.4 is 4.74 Å². The smallest absolute Gasteiger partial charge is 0.213 e. The number of thiazole rings is 1. The van der Waals surface area contributed by atoms with Crippen molar-refractivity contribution in [3.8, 4) is 5.88 Å². The van der Waals surface area contributed by atoms with Gasteiger partial charge in [-0.05, 0) is 18.6 Å². The molecule has 2 aromatic rings. The van der Waals surface area contributed by atoms with Gasteiger partial charge in [0.05, 0.1) is 17.8 Å². The minimum absolute atomic E-state index is 0.690. The summed E-state index contributed by atoms with van der Waals surface area (Å²) in [5.41, 5.74) is 2.46. The molecule has 0 unspecified atom stereocenters. The summed E-state index contributed by atoms with van der Waals surface area (Å²) in [5, 5.41) is 3.32. The van der Waals surface area contributed by atoms with Crippen LogP contribution in [0.1, 0.15) is 16.3 Å². The Morgan fingerprint density at radius 2 is 1.91 bits per heavy atom. The van der Waals surface area contributed by atoms with E-state index < -0.39 is 0 Å². The van der Waals surface area contributed by atoms with Crippen molar-refractivity contribution in [2.45, 2.75) is 20.0 Å². The lowest BCUT2D eigenvalue weighted by molar-refractivity contribution is 0.121. The van der Waals surface area contributed by atoms with Crippen LogP contribution in [0.15, 0.2) is 23.7 Å². The lowest BCUT2D eigenvalue weighted by Crippen LogP contribution is -2.45. The van der Waals surface area contributed by atoms with Gasteiger partial charge >= 0.3 is 0 Å². The number of rotatable bonds is 5. The molecule has 0 spiro atoms. The van der Waals surface area contributed by atoms with Crippen LogP contribution >= 0.6 is 11.3 Å². The molecule has 118 valence electrons. The van der Waals surface area contributed by atoms with Gasteiger partial charge in [-0.3, -0.25) is 9.80 Å². The predicted molar refractivity (Wildman–Crippen MR) is 88.2 cm³/mol. The molecule has 0 atom stereocenters. The van der Waals surface area contributed by atoms with Crippen LogP contribution in [0.4, 0.5) is 0 Å². The second-order valence-corrected chi connectivity index (χ2v) is 6.68. The van der Waals surface area contributed by atoms with E-state index >= 15 is 0 Å². The fourth-order valence-electron chi connectivity index (χ4n) is 2.73. The maximum absolute atomic E-state index is 5.19. The van der Waals surface area contributed by atoms with Gasteiger partial charge in [-0.2, -0.15) is 0 Å². The van der Waals surface area contributed by atoms with E-state index in [0.717, 1.165) is 44.3 Å². The molecule has 1 saturated heterocycles. The van der Waals surface area contributed by atoms with Crippen molar-refractivity contribution in [3.63, 3.8) is 0 Å². The summed E-state index contributed by atoms with van der Waals surface area (Å²) in [4.78, 5) is 13.7. The Labute approximate surface area is 135 Å². The highest BCUT2D eigenvalue weighted by atomic mass is 32.1. The molecule has 0 aromatic carbocycles. The van der Waals surface area contributed by atoms with Crippen molar-refractivity contribution in [2.75, 3.05) is 33.3 Å². The Morgan fingerprint density at radius 3 is 2.55 bits per heavy atom. The van der Waals surface area contributed by atoms with Crippen molar-refractivity contribution in [2.24, 2.45) is 0 Å². The summed E-state index contributed by atoms with van der Waals surface area (Å²) in [7, 11) is 1.66. The molecule has 1 aliphatic heterocycles. The highest BCUT2D eigenvalue weighted by Crippen LogP contribution is 2.15. The number of nitrogens with zero attached hydrogens (tertiary/aromatic N) is 4. The maximum atomic E-state index is 5.19. The van der Waals surface area contributed by atoms with Gasteiger partial charge in [0.15, 0.2) is 0 Å². The molecule has 1 aliphatic rings. The van der Waals surface area contributed by atoms with E-state index in [-0.39, 0.29) is 0 Å². The quantitative estimate of drug-likeness (QED) is 0.845. The molecular weight excluding hydrogens is 296 g/mol. The highest BCUT2D eigenvalue weighted by molar-refractivity contribution is 7.09. The molecule has 3 heterocycles. The standard InChI is InChI=1S/C16H22N4OS/c1-13-18-15(12-22-13)11-20-7-5-19(6-8-20)10-14-3-4-17-16(9-14)21-2/h3-4,9,12H,5-8,10-11H2,1-2H3. The van der Waals surface area contributed by atoms with E-state index in [2.05, 4.69) is 38.1 Å². The summed E-state index contributed by atoms with van der Waals surface area (Å²) in [6, 6.07) is 4.08. The van der Waals surface area contributed by atoms with Crippen LogP contribution in [0.3, 0.4) is 0 Å². The Balaban J connectivity index is 1.49. The first-order chi connectivity index (χ1) is 10.7. The molecular formula is C16H22N4OS. The van der Waals surface area contributed by atoms with E-state index in [1.807, 2.05) is 12.3 Å². The second-order valence-electron chi connectivity index (χ2n) is 5.62. The van der Waals surface area contributed by atoms with Crippen LogP contribution in [0.2, 0.25) is 0 Å². The van der Waals surface area contributed by atoms with Crippen LogP contribution in [0, 0.1) is 6.92 Å². The maximum Gasteiger partial charge on any atom is 0.213 e. The molecule has 6 heteroatoms. The SMILES string of the molecule is COc1cc(CN2CCN(Cc3csc(C)n3)CC2)ccn1. The third-order valence-electron chi connectivity index (χ3n) is 3.93. The van der Waals surface area contributed by atoms with E-state index in [1.165, 1.54) is 11.3 Å². The summed E-state index contributed by atoms with van der Waals surface area (Å²) < 4.78 is 5.19. The van der Waals surface area contributed by atoms with E-state index in [1.54, 1.807) is 18.4 Å². The third-order valence-corrected chi connectivity index (χ3v) is 4.75. The number of methoxy groups -OCH3 is 1. The summed E-state index contributed by atoms with van der Waals surface area (Å²) in [5.74, 6) is 0.690. The second kappa shape index (κ2) is 7.17. The fourth-order valence-corrected chi connectivity index (χ4v) is 3.34.